The van der Waals surface area contributed by atoms with Crippen molar-refractivity contribution in [3.05, 3.63) is 53.8 Å². The van der Waals surface area contributed by atoms with E-state index in [2.05, 4.69) is 10.0 Å². The number of hydrogen-bond donors (Lipinski definition) is 2. The topological polar surface area (TPSA) is 84.5 Å². The van der Waals surface area contributed by atoms with Crippen LogP contribution in [0.25, 0.3) is 0 Å². The maximum absolute atomic E-state index is 12.9. The standard InChI is InChI=1S/C17H19FN2O4S/c1-11-4-9-15(24-3)16(10-11)25(22,23)20-12(2)17(21)19-14-7-5-13(18)6-8-14/h4-10,12,20H,1-3H3,(H,19,21)/t12-/m1/s1. The van der Waals surface area contributed by atoms with Gasteiger partial charge in [0, 0.05) is 5.69 Å². The Hall–Kier alpha value is -2.45. The van der Waals surface area contributed by atoms with Crippen LogP contribution < -0.4 is 14.8 Å². The zero-order valence-corrected chi connectivity index (χ0v) is 14.9. The fourth-order valence-corrected chi connectivity index (χ4v) is 3.58. The molecule has 0 saturated carbocycles. The molecule has 0 aromatic heterocycles. The van der Waals surface area contributed by atoms with Crippen molar-refractivity contribution >= 4 is 21.6 Å². The highest BCUT2D eigenvalue weighted by Crippen LogP contribution is 2.24. The predicted octanol–water partition coefficient (Wildman–Crippen LogP) is 2.45. The van der Waals surface area contributed by atoms with Crippen LogP contribution in [-0.2, 0) is 14.8 Å². The van der Waals surface area contributed by atoms with Crippen LogP contribution in [0, 0.1) is 12.7 Å². The van der Waals surface area contributed by atoms with Gasteiger partial charge in [0.05, 0.1) is 13.2 Å². The summed E-state index contributed by atoms with van der Waals surface area (Å²) in [6.07, 6.45) is 0. The number of anilines is 1. The van der Waals surface area contributed by atoms with E-state index in [9.17, 15) is 17.6 Å². The molecule has 0 bridgehead atoms. The average molecular weight is 366 g/mol. The number of rotatable bonds is 6. The molecule has 8 heteroatoms. The molecule has 0 unspecified atom stereocenters. The summed E-state index contributed by atoms with van der Waals surface area (Å²) in [6.45, 7) is 3.17. The minimum Gasteiger partial charge on any atom is -0.495 e. The summed E-state index contributed by atoms with van der Waals surface area (Å²) >= 11 is 0. The second-order valence-corrected chi connectivity index (χ2v) is 7.18. The fourth-order valence-electron chi connectivity index (χ4n) is 2.13. The molecule has 2 aromatic carbocycles. The normalized spacial score (nSPS) is 12.5. The van der Waals surface area contributed by atoms with Crippen molar-refractivity contribution in [1.29, 1.82) is 0 Å². The Morgan fingerprint density at radius 1 is 1.16 bits per heavy atom. The number of halogens is 1. The maximum atomic E-state index is 12.9. The average Bonchev–Trinajstić information content (AvgIpc) is 2.56. The SMILES string of the molecule is COc1ccc(C)cc1S(=O)(=O)N[C@H](C)C(=O)Nc1ccc(F)cc1. The highest BCUT2D eigenvalue weighted by Gasteiger charge is 2.25. The van der Waals surface area contributed by atoms with Gasteiger partial charge in [0.15, 0.2) is 0 Å². The van der Waals surface area contributed by atoms with Crippen molar-refractivity contribution in [1.82, 2.24) is 4.72 Å². The van der Waals surface area contributed by atoms with E-state index in [4.69, 9.17) is 4.74 Å². The van der Waals surface area contributed by atoms with Gasteiger partial charge in [0.25, 0.3) is 0 Å². The van der Waals surface area contributed by atoms with E-state index in [0.717, 1.165) is 5.56 Å². The van der Waals surface area contributed by atoms with Gasteiger partial charge in [-0.3, -0.25) is 4.79 Å². The number of ether oxygens (including phenoxy) is 1. The van der Waals surface area contributed by atoms with Crippen molar-refractivity contribution in [3.63, 3.8) is 0 Å². The summed E-state index contributed by atoms with van der Waals surface area (Å²) in [6, 6.07) is 8.86. The lowest BCUT2D eigenvalue weighted by Gasteiger charge is -2.16. The highest BCUT2D eigenvalue weighted by molar-refractivity contribution is 7.89. The third kappa shape index (κ3) is 4.77. The molecule has 1 amide bonds. The van der Waals surface area contributed by atoms with Crippen molar-refractivity contribution in [2.45, 2.75) is 24.8 Å². The number of carbonyl (C=O) groups is 1. The van der Waals surface area contributed by atoms with Gasteiger partial charge in [-0.25, -0.2) is 12.8 Å². The summed E-state index contributed by atoms with van der Waals surface area (Å²) in [7, 11) is -2.60. The van der Waals surface area contributed by atoms with Gasteiger partial charge < -0.3 is 10.1 Å². The zero-order valence-electron chi connectivity index (χ0n) is 14.0. The first-order valence-corrected chi connectivity index (χ1v) is 8.94. The molecule has 0 fully saturated rings. The number of amides is 1. The lowest BCUT2D eigenvalue weighted by molar-refractivity contribution is -0.117. The van der Waals surface area contributed by atoms with E-state index < -0.39 is 27.8 Å². The number of sulfonamides is 1. The monoisotopic (exact) mass is 366 g/mol. The van der Waals surface area contributed by atoms with Crippen LogP contribution in [0.15, 0.2) is 47.4 Å². The number of hydrogen-bond acceptors (Lipinski definition) is 4. The molecule has 2 rings (SSSR count). The summed E-state index contributed by atoms with van der Waals surface area (Å²) in [5, 5.41) is 2.52. The molecule has 0 heterocycles. The largest absolute Gasteiger partial charge is 0.495 e. The van der Waals surface area contributed by atoms with E-state index in [1.54, 1.807) is 19.1 Å². The van der Waals surface area contributed by atoms with Crippen LogP contribution >= 0.6 is 0 Å². The van der Waals surface area contributed by atoms with Gasteiger partial charge in [-0.15, -0.1) is 0 Å². The van der Waals surface area contributed by atoms with Gasteiger partial charge in [-0.1, -0.05) is 6.07 Å². The lowest BCUT2D eigenvalue weighted by atomic mass is 10.2. The van der Waals surface area contributed by atoms with Crippen LogP contribution in [0.4, 0.5) is 10.1 Å². The Morgan fingerprint density at radius 2 is 1.80 bits per heavy atom. The van der Waals surface area contributed by atoms with E-state index >= 15 is 0 Å². The Balaban J connectivity index is 2.15. The summed E-state index contributed by atoms with van der Waals surface area (Å²) in [5.41, 5.74) is 1.11. The number of nitrogens with one attached hydrogen (secondary N) is 2. The second kappa shape index (κ2) is 7.62. The van der Waals surface area contributed by atoms with Crippen molar-refractivity contribution in [3.8, 4) is 5.75 Å². The van der Waals surface area contributed by atoms with Gasteiger partial charge in [-0.2, -0.15) is 4.72 Å². The molecule has 2 N–H and O–H groups in total. The second-order valence-electron chi connectivity index (χ2n) is 5.49. The van der Waals surface area contributed by atoms with Gasteiger partial charge in [0.1, 0.15) is 16.5 Å². The van der Waals surface area contributed by atoms with Gasteiger partial charge in [0.2, 0.25) is 15.9 Å². The highest BCUT2D eigenvalue weighted by atomic mass is 32.2. The number of methoxy groups -OCH3 is 1. The quantitative estimate of drug-likeness (QED) is 0.822. The van der Waals surface area contributed by atoms with Crippen LogP contribution in [0.1, 0.15) is 12.5 Å². The minimum atomic E-state index is -3.96. The fraction of sp³-hybridized carbons (Fsp3) is 0.235. The Kier molecular flexibility index (Phi) is 5.76. The number of benzene rings is 2. The third-order valence-corrected chi connectivity index (χ3v) is 5.01. The molecule has 0 saturated heterocycles. The Morgan fingerprint density at radius 3 is 2.40 bits per heavy atom. The maximum Gasteiger partial charge on any atom is 0.244 e. The molecule has 2 aromatic rings. The van der Waals surface area contributed by atoms with Crippen molar-refractivity contribution in [2.24, 2.45) is 0 Å². The zero-order chi connectivity index (χ0) is 18.6. The van der Waals surface area contributed by atoms with E-state index in [1.165, 1.54) is 44.4 Å². The number of aryl methyl sites for hydroxylation is 1. The molecule has 134 valence electrons. The Bertz CT molecular complexity index is 867. The van der Waals surface area contributed by atoms with E-state index in [-0.39, 0.29) is 10.6 Å². The smallest absolute Gasteiger partial charge is 0.244 e. The number of carbonyl (C=O) groups excluding carboxylic acids is 1. The first kappa shape index (κ1) is 18.9. The molecule has 25 heavy (non-hydrogen) atoms. The molecule has 0 aliphatic rings. The van der Waals surface area contributed by atoms with Crippen molar-refractivity contribution < 1.29 is 22.3 Å². The van der Waals surface area contributed by atoms with E-state index in [1.807, 2.05) is 0 Å². The van der Waals surface area contributed by atoms with Gasteiger partial charge in [-0.05, 0) is 55.8 Å². The summed E-state index contributed by atoms with van der Waals surface area (Å²) in [5.74, 6) is -0.815. The first-order chi connectivity index (χ1) is 11.7. The first-order valence-electron chi connectivity index (χ1n) is 7.46. The molecule has 0 aliphatic heterocycles. The van der Waals surface area contributed by atoms with Crippen molar-refractivity contribution in [2.75, 3.05) is 12.4 Å². The third-order valence-electron chi connectivity index (χ3n) is 3.45. The lowest BCUT2D eigenvalue weighted by Crippen LogP contribution is -2.41. The molecular weight excluding hydrogens is 347 g/mol. The predicted molar refractivity (Wildman–Crippen MR) is 92.5 cm³/mol. The minimum absolute atomic E-state index is 0.0450. The Labute approximate surface area is 146 Å². The molecule has 1 atom stereocenters. The van der Waals surface area contributed by atoms with E-state index in [0.29, 0.717) is 5.69 Å². The molecule has 0 radical (unpaired) electrons. The van der Waals surface area contributed by atoms with Crippen LogP contribution in [-0.4, -0.2) is 27.5 Å². The summed E-state index contributed by atoms with van der Waals surface area (Å²) in [4.78, 5) is 12.1. The van der Waals surface area contributed by atoms with Crippen LogP contribution in [0.3, 0.4) is 0 Å². The molecule has 6 nitrogen and oxygen atoms in total. The van der Waals surface area contributed by atoms with Crippen LogP contribution in [0.2, 0.25) is 0 Å². The van der Waals surface area contributed by atoms with Gasteiger partial charge >= 0.3 is 0 Å². The molecule has 0 spiro atoms. The summed E-state index contributed by atoms with van der Waals surface area (Å²) < 4.78 is 45.4. The molecule has 0 aliphatic carbocycles. The van der Waals surface area contributed by atoms with Crippen LogP contribution in [0.5, 0.6) is 5.75 Å². The molecular formula is C17H19FN2O4S.